The minimum absolute atomic E-state index is 0.0217. The monoisotopic (exact) mass is 371 g/mol. The highest BCUT2D eigenvalue weighted by atomic mass is 16.2. The molecule has 0 spiro atoms. The number of urea groups is 1. The molecule has 1 aromatic heterocycles. The number of benzene rings is 1. The summed E-state index contributed by atoms with van der Waals surface area (Å²) in [6.07, 6.45) is 4.49. The van der Waals surface area contributed by atoms with Crippen molar-refractivity contribution in [2.24, 2.45) is 0 Å². The molecule has 0 bridgehead atoms. The zero-order valence-corrected chi connectivity index (χ0v) is 14.6. The molecular formula is C18H21N5O4. The van der Waals surface area contributed by atoms with E-state index in [-0.39, 0.29) is 18.0 Å². The van der Waals surface area contributed by atoms with Crippen LogP contribution >= 0.6 is 0 Å². The molecule has 9 nitrogen and oxygen atoms in total. The van der Waals surface area contributed by atoms with Crippen LogP contribution in [-0.2, 0) is 17.8 Å². The van der Waals surface area contributed by atoms with Crippen molar-refractivity contribution < 1.29 is 9.59 Å². The Hall–Kier alpha value is -3.36. The Morgan fingerprint density at radius 2 is 1.85 bits per heavy atom. The summed E-state index contributed by atoms with van der Waals surface area (Å²) in [7, 11) is 0. The van der Waals surface area contributed by atoms with Crippen molar-refractivity contribution in [2.75, 3.05) is 5.32 Å². The van der Waals surface area contributed by atoms with Gasteiger partial charge < -0.3 is 20.9 Å². The van der Waals surface area contributed by atoms with Crippen LogP contribution < -0.4 is 27.2 Å². The molecule has 0 unspecified atom stereocenters. The number of carbonyl (C=O) groups excluding carboxylic acids is 2. The lowest BCUT2D eigenvalue weighted by Gasteiger charge is -2.08. The van der Waals surface area contributed by atoms with E-state index in [1.165, 1.54) is 6.20 Å². The predicted octanol–water partition coefficient (Wildman–Crippen LogP) is 0.596. The summed E-state index contributed by atoms with van der Waals surface area (Å²) < 4.78 is 0. The minimum atomic E-state index is -0.599. The first-order valence-electron chi connectivity index (χ1n) is 8.73. The number of carbonyl (C=O) groups is 2. The molecule has 5 N–H and O–H groups in total. The summed E-state index contributed by atoms with van der Waals surface area (Å²) >= 11 is 0. The van der Waals surface area contributed by atoms with Gasteiger partial charge in [0.15, 0.2) is 0 Å². The highest BCUT2D eigenvalue weighted by molar-refractivity contribution is 5.89. The summed E-state index contributed by atoms with van der Waals surface area (Å²) in [6.45, 7) is -0.0217. The molecule has 1 aliphatic rings. The van der Waals surface area contributed by atoms with Crippen LogP contribution in [0.25, 0.3) is 0 Å². The van der Waals surface area contributed by atoms with Crippen molar-refractivity contribution in [3.63, 3.8) is 0 Å². The zero-order chi connectivity index (χ0) is 19.2. The molecule has 3 amide bonds. The number of aryl methyl sites for hydroxylation is 1. The fraction of sp³-hybridized carbons (Fsp3) is 0.333. The lowest BCUT2D eigenvalue weighted by atomic mass is 10.1. The maximum absolute atomic E-state index is 11.9. The molecule has 2 aromatic rings. The molecular weight excluding hydrogens is 350 g/mol. The van der Waals surface area contributed by atoms with E-state index in [2.05, 4.69) is 25.9 Å². The molecule has 0 radical (unpaired) electrons. The Bertz CT molecular complexity index is 928. The van der Waals surface area contributed by atoms with Crippen LogP contribution in [0, 0.1) is 0 Å². The van der Waals surface area contributed by atoms with Crippen molar-refractivity contribution in [3.05, 3.63) is 62.4 Å². The number of hydrogen-bond acceptors (Lipinski definition) is 4. The molecule has 1 aliphatic carbocycles. The molecule has 27 heavy (non-hydrogen) atoms. The second-order valence-corrected chi connectivity index (χ2v) is 6.44. The number of H-pyrrole nitrogens is 2. The van der Waals surface area contributed by atoms with Gasteiger partial charge in [0.25, 0.3) is 5.56 Å². The van der Waals surface area contributed by atoms with Crippen LogP contribution in [0.15, 0.2) is 40.1 Å². The van der Waals surface area contributed by atoms with Crippen LogP contribution in [0.4, 0.5) is 10.5 Å². The first-order valence-corrected chi connectivity index (χ1v) is 8.73. The van der Waals surface area contributed by atoms with Gasteiger partial charge in [0.05, 0.1) is 12.1 Å². The number of anilines is 1. The number of aromatic amines is 2. The van der Waals surface area contributed by atoms with E-state index in [0.717, 1.165) is 18.4 Å². The summed E-state index contributed by atoms with van der Waals surface area (Å²) in [5.74, 6) is 0.0660. The minimum Gasteiger partial charge on any atom is -0.353 e. The fourth-order valence-electron chi connectivity index (χ4n) is 2.46. The number of hydrogen-bond donors (Lipinski definition) is 5. The quantitative estimate of drug-likeness (QED) is 0.487. The second-order valence-electron chi connectivity index (χ2n) is 6.44. The molecule has 0 aliphatic heterocycles. The van der Waals surface area contributed by atoms with E-state index in [9.17, 15) is 19.2 Å². The van der Waals surface area contributed by atoms with Crippen LogP contribution in [0.3, 0.4) is 0 Å². The van der Waals surface area contributed by atoms with Gasteiger partial charge >= 0.3 is 11.7 Å². The average Bonchev–Trinajstić information content (AvgIpc) is 3.44. The topological polar surface area (TPSA) is 136 Å². The van der Waals surface area contributed by atoms with Crippen molar-refractivity contribution in [1.82, 2.24) is 20.6 Å². The molecule has 0 saturated heterocycles. The Kier molecular flexibility index (Phi) is 5.70. The Labute approximate surface area is 154 Å². The maximum Gasteiger partial charge on any atom is 0.325 e. The molecule has 9 heteroatoms. The van der Waals surface area contributed by atoms with E-state index < -0.39 is 17.3 Å². The van der Waals surface area contributed by atoms with Gasteiger partial charge in [0.1, 0.15) is 0 Å². The van der Waals surface area contributed by atoms with Crippen LogP contribution in [0.2, 0.25) is 0 Å². The Balaban J connectivity index is 1.44. The summed E-state index contributed by atoms with van der Waals surface area (Å²) in [5.41, 5.74) is 0.692. The molecule has 1 heterocycles. The van der Waals surface area contributed by atoms with Gasteiger partial charge in [0.2, 0.25) is 5.91 Å². The first-order chi connectivity index (χ1) is 13.0. The zero-order valence-electron chi connectivity index (χ0n) is 14.6. The van der Waals surface area contributed by atoms with Crippen molar-refractivity contribution in [1.29, 1.82) is 0 Å². The van der Waals surface area contributed by atoms with E-state index in [4.69, 9.17) is 0 Å². The van der Waals surface area contributed by atoms with Crippen molar-refractivity contribution in [3.8, 4) is 0 Å². The molecule has 142 valence electrons. The van der Waals surface area contributed by atoms with Gasteiger partial charge in [-0.25, -0.2) is 9.59 Å². The standard InChI is InChI=1S/C18H21N5O4/c24-15(21-13-6-7-13)8-3-11-1-4-14(5-2-11)22-17(26)19-9-12-10-20-18(27)23-16(12)25/h1-2,4-5,10,13H,3,6-9H2,(H,21,24)(H2,19,22,26)(H2,20,23,25,27). The molecule has 1 aromatic carbocycles. The Morgan fingerprint density at radius 1 is 1.11 bits per heavy atom. The lowest BCUT2D eigenvalue weighted by Crippen LogP contribution is -2.32. The van der Waals surface area contributed by atoms with Gasteiger partial charge in [-0.1, -0.05) is 12.1 Å². The second kappa shape index (κ2) is 8.35. The molecule has 3 rings (SSSR count). The van der Waals surface area contributed by atoms with Gasteiger partial charge in [-0.05, 0) is 37.0 Å². The number of amides is 3. The fourth-order valence-corrected chi connectivity index (χ4v) is 2.46. The van der Waals surface area contributed by atoms with E-state index in [1.54, 1.807) is 12.1 Å². The molecule has 1 fully saturated rings. The van der Waals surface area contributed by atoms with Gasteiger partial charge in [-0.15, -0.1) is 0 Å². The number of rotatable bonds is 7. The first kappa shape index (κ1) is 18.4. The summed E-state index contributed by atoms with van der Waals surface area (Å²) in [4.78, 5) is 50.5. The van der Waals surface area contributed by atoms with Crippen molar-refractivity contribution >= 4 is 17.6 Å². The Morgan fingerprint density at radius 3 is 2.52 bits per heavy atom. The third-order valence-electron chi connectivity index (χ3n) is 4.13. The van der Waals surface area contributed by atoms with Crippen LogP contribution in [0.1, 0.15) is 30.4 Å². The number of aromatic nitrogens is 2. The number of nitrogens with one attached hydrogen (secondary N) is 5. The third kappa shape index (κ3) is 5.84. The smallest absolute Gasteiger partial charge is 0.325 e. The van der Waals surface area contributed by atoms with E-state index >= 15 is 0 Å². The highest BCUT2D eigenvalue weighted by Crippen LogP contribution is 2.19. The van der Waals surface area contributed by atoms with Crippen LogP contribution in [0.5, 0.6) is 0 Å². The van der Waals surface area contributed by atoms with Gasteiger partial charge in [-0.2, -0.15) is 0 Å². The summed E-state index contributed by atoms with van der Waals surface area (Å²) in [6, 6.07) is 7.10. The van der Waals surface area contributed by atoms with E-state index in [1.807, 2.05) is 12.1 Å². The van der Waals surface area contributed by atoms with Gasteiger partial charge in [-0.3, -0.25) is 14.6 Å². The SMILES string of the molecule is O=C(CCc1ccc(NC(=O)NCc2c[nH]c(=O)[nH]c2=O)cc1)NC1CC1. The normalized spacial score (nSPS) is 13.0. The largest absolute Gasteiger partial charge is 0.353 e. The highest BCUT2D eigenvalue weighted by Gasteiger charge is 2.22. The lowest BCUT2D eigenvalue weighted by molar-refractivity contribution is -0.121. The molecule has 1 saturated carbocycles. The maximum atomic E-state index is 11.9. The van der Waals surface area contributed by atoms with Crippen molar-refractivity contribution in [2.45, 2.75) is 38.3 Å². The summed E-state index contributed by atoms with van der Waals surface area (Å²) in [5, 5.41) is 8.15. The van der Waals surface area contributed by atoms with E-state index in [0.29, 0.717) is 24.6 Å². The molecule has 0 atom stereocenters. The third-order valence-corrected chi connectivity index (χ3v) is 4.13. The predicted molar refractivity (Wildman–Crippen MR) is 99.5 cm³/mol. The van der Waals surface area contributed by atoms with Gasteiger partial charge in [0, 0.05) is 24.3 Å². The average molecular weight is 371 g/mol. The van der Waals surface area contributed by atoms with Crippen LogP contribution in [-0.4, -0.2) is 27.9 Å².